The number of carbonyl (C=O) groups is 1. The highest BCUT2D eigenvalue weighted by atomic mass is 32.2. The van der Waals surface area contributed by atoms with Crippen LogP contribution in [0.1, 0.15) is 34.5 Å². The Labute approximate surface area is 117 Å². The average Bonchev–Trinajstić information content (AvgIpc) is 2.91. The molecule has 0 fully saturated rings. The molecule has 0 spiro atoms. The summed E-state index contributed by atoms with van der Waals surface area (Å²) in [5.74, 6) is 3.19. The summed E-state index contributed by atoms with van der Waals surface area (Å²) in [6.45, 7) is 0. The van der Waals surface area contributed by atoms with Gasteiger partial charge >= 0.3 is 0 Å². The van der Waals surface area contributed by atoms with Gasteiger partial charge in [-0.15, -0.1) is 0 Å². The molecule has 1 heterocycles. The predicted octanol–water partition coefficient (Wildman–Crippen LogP) is 4.47. The predicted molar refractivity (Wildman–Crippen MR) is 81.5 cm³/mol. The van der Waals surface area contributed by atoms with E-state index in [0.29, 0.717) is 0 Å². The van der Waals surface area contributed by atoms with Gasteiger partial charge in [-0.1, -0.05) is 30.3 Å². The van der Waals surface area contributed by atoms with Crippen molar-refractivity contribution in [1.29, 1.82) is 0 Å². The lowest BCUT2D eigenvalue weighted by Crippen LogP contribution is -1.84. The topological polar surface area (TPSA) is 17.1 Å². The Balaban J connectivity index is 1.72. The lowest BCUT2D eigenvalue weighted by atomic mass is 10.1. The molecule has 0 bridgehead atoms. The van der Waals surface area contributed by atoms with E-state index in [1.165, 1.54) is 12.0 Å². The highest BCUT2D eigenvalue weighted by Gasteiger charge is 2.08. The van der Waals surface area contributed by atoms with Gasteiger partial charge < -0.3 is 0 Å². The first-order valence-corrected chi connectivity index (χ1v) is 7.78. The van der Waals surface area contributed by atoms with Gasteiger partial charge in [0, 0.05) is 12.5 Å². The molecule has 0 aliphatic carbocycles. The fourth-order valence-corrected chi connectivity index (χ4v) is 3.03. The van der Waals surface area contributed by atoms with Gasteiger partial charge in [-0.05, 0) is 36.8 Å². The standard InChI is InChI=1S/C17H17OS/c18-15-17-12-8-14-19(17)13-7-2-1-4-9-16-10-5-3-6-11-16/h3,5-6,8,10-12,14-15H,1-2,4,9H2/q+1. The van der Waals surface area contributed by atoms with Crippen LogP contribution < -0.4 is 0 Å². The van der Waals surface area contributed by atoms with Crippen molar-refractivity contribution in [2.24, 2.45) is 0 Å². The zero-order valence-corrected chi connectivity index (χ0v) is 11.7. The SMILES string of the molecule is O=Cc1ccc[s+]1C#CCCCCc1ccccc1. The van der Waals surface area contributed by atoms with Crippen molar-refractivity contribution in [2.75, 3.05) is 0 Å². The molecule has 0 radical (unpaired) electrons. The van der Waals surface area contributed by atoms with Crippen molar-refractivity contribution in [3.63, 3.8) is 0 Å². The summed E-state index contributed by atoms with van der Waals surface area (Å²) in [4.78, 5) is 11.5. The number of hydrogen-bond acceptors (Lipinski definition) is 1. The highest BCUT2D eigenvalue weighted by molar-refractivity contribution is 7.37. The molecule has 0 amide bonds. The molecule has 0 saturated heterocycles. The molecule has 1 atom stereocenters. The fraction of sp³-hybridized carbons (Fsp3) is 0.235. The van der Waals surface area contributed by atoms with Crippen molar-refractivity contribution in [3.8, 4) is 11.2 Å². The maximum atomic E-state index is 10.7. The van der Waals surface area contributed by atoms with Gasteiger partial charge in [0.1, 0.15) is 0 Å². The lowest BCUT2D eigenvalue weighted by Gasteiger charge is -1.98. The van der Waals surface area contributed by atoms with Crippen LogP contribution in [0.3, 0.4) is 0 Å². The van der Waals surface area contributed by atoms with E-state index < -0.39 is 0 Å². The van der Waals surface area contributed by atoms with Gasteiger partial charge in [0.2, 0.25) is 11.2 Å². The molecule has 0 aliphatic heterocycles. The van der Waals surface area contributed by atoms with Crippen molar-refractivity contribution < 1.29 is 4.79 Å². The highest BCUT2D eigenvalue weighted by Crippen LogP contribution is 2.20. The normalized spacial score (nSPS) is 10.6. The minimum absolute atomic E-state index is 0.255. The van der Waals surface area contributed by atoms with E-state index in [2.05, 4.69) is 35.4 Å². The summed E-state index contributed by atoms with van der Waals surface area (Å²) in [6.07, 6.45) is 5.22. The monoisotopic (exact) mass is 269 g/mol. The minimum atomic E-state index is -0.255. The molecule has 1 nitrogen and oxygen atoms in total. The molecule has 0 aliphatic rings. The Morgan fingerprint density at radius 3 is 2.68 bits per heavy atom. The number of hydrogen-bond donors (Lipinski definition) is 0. The van der Waals surface area contributed by atoms with Gasteiger partial charge in [-0.3, -0.25) is 4.79 Å². The number of aryl methyl sites for hydroxylation is 1. The maximum absolute atomic E-state index is 10.7. The summed E-state index contributed by atoms with van der Waals surface area (Å²) in [7, 11) is -0.255. The molecule has 1 aromatic heterocycles. The Morgan fingerprint density at radius 2 is 1.89 bits per heavy atom. The lowest BCUT2D eigenvalue weighted by molar-refractivity contribution is 0.112. The van der Waals surface area contributed by atoms with E-state index in [9.17, 15) is 4.79 Å². The third-order valence-electron chi connectivity index (χ3n) is 2.89. The second-order valence-corrected chi connectivity index (χ2v) is 5.95. The minimum Gasteiger partial charge on any atom is -0.292 e. The van der Waals surface area contributed by atoms with Crippen molar-refractivity contribution >= 4 is 16.8 Å². The van der Waals surface area contributed by atoms with Gasteiger partial charge in [-0.25, -0.2) is 0 Å². The van der Waals surface area contributed by atoms with Crippen LogP contribution in [0.2, 0.25) is 0 Å². The van der Waals surface area contributed by atoms with E-state index >= 15 is 0 Å². The van der Waals surface area contributed by atoms with E-state index in [1.807, 2.05) is 23.6 Å². The zero-order valence-electron chi connectivity index (χ0n) is 10.8. The first kappa shape index (κ1) is 13.6. The van der Waals surface area contributed by atoms with Crippen LogP contribution in [0.5, 0.6) is 0 Å². The molecule has 19 heavy (non-hydrogen) atoms. The molecule has 1 aromatic carbocycles. The first-order valence-electron chi connectivity index (χ1n) is 6.49. The van der Waals surface area contributed by atoms with Crippen molar-refractivity contribution in [3.05, 3.63) is 58.3 Å². The number of aldehydes is 1. The first-order chi connectivity index (χ1) is 9.40. The summed E-state index contributed by atoms with van der Waals surface area (Å²) in [6, 6.07) is 14.3. The number of carbonyl (C=O) groups excluding carboxylic acids is 1. The number of thiophene rings is 1. The maximum Gasteiger partial charge on any atom is 0.228 e. The van der Waals surface area contributed by atoms with Crippen LogP contribution in [0.25, 0.3) is 0 Å². The van der Waals surface area contributed by atoms with Crippen molar-refractivity contribution in [2.45, 2.75) is 25.7 Å². The van der Waals surface area contributed by atoms with Gasteiger partial charge in [0.05, 0.1) is 10.5 Å². The summed E-state index contributed by atoms with van der Waals surface area (Å²) in [5, 5.41) is 5.17. The second kappa shape index (κ2) is 7.56. The molecule has 2 aromatic rings. The molecule has 96 valence electrons. The van der Waals surface area contributed by atoms with Crippen molar-refractivity contribution in [1.82, 2.24) is 0 Å². The molecule has 2 rings (SSSR count). The molecular formula is C17H17OS+. The van der Waals surface area contributed by atoms with E-state index in [0.717, 1.165) is 30.4 Å². The number of rotatable bonds is 5. The van der Waals surface area contributed by atoms with Gasteiger partial charge in [-0.2, -0.15) is 0 Å². The third kappa shape index (κ3) is 4.39. The third-order valence-corrected chi connectivity index (χ3v) is 4.42. The summed E-state index contributed by atoms with van der Waals surface area (Å²) >= 11 is 0. The van der Waals surface area contributed by atoms with Crippen LogP contribution in [0.4, 0.5) is 0 Å². The van der Waals surface area contributed by atoms with Crippen LogP contribution in [-0.4, -0.2) is 6.29 Å². The zero-order chi connectivity index (χ0) is 13.3. The van der Waals surface area contributed by atoms with E-state index in [1.54, 1.807) is 0 Å². The number of unbranched alkanes of at least 4 members (excludes halogenated alkanes) is 2. The van der Waals surface area contributed by atoms with Gasteiger partial charge in [0.25, 0.3) is 0 Å². The van der Waals surface area contributed by atoms with Crippen LogP contribution in [-0.2, 0) is 6.42 Å². The fourth-order valence-electron chi connectivity index (χ4n) is 1.86. The summed E-state index contributed by atoms with van der Waals surface area (Å²) in [5.41, 5.74) is 1.39. The smallest absolute Gasteiger partial charge is 0.228 e. The molecule has 1 unspecified atom stereocenters. The van der Waals surface area contributed by atoms with E-state index in [-0.39, 0.29) is 10.5 Å². The largest absolute Gasteiger partial charge is 0.292 e. The Hall–Kier alpha value is -1.85. The Morgan fingerprint density at radius 1 is 1.05 bits per heavy atom. The Kier molecular flexibility index (Phi) is 5.40. The molecule has 0 saturated carbocycles. The van der Waals surface area contributed by atoms with Crippen LogP contribution in [0.15, 0.2) is 47.8 Å². The Bertz CT molecular complexity index is 572. The molecular weight excluding hydrogens is 252 g/mol. The molecule has 0 N–H and O–H groups in total. The van der Waals surface area contributed by atoms with Crippen LogP contribution in [0, 0.1) is 11.2 Å². The quantitative estimate of drug-likeness (QED) is 0.339. The van der Waals surface area contributed by atoms with Crippen LogP contribution >= 0.6 is 10.5 Å². The second-order valence-electron chi connectivity index (χ2n) is 4.32. The molecule has 2 heteroatoms. The van der Waals surface area contributed by atoms with E-state index in [4.69, 9.17) is 0 Å². The number of benzene rings is 1. The summed E-state index contributed by atoms with van der Waals surface area (Å²) < 4.78 is 0. The average molecular weight is 269 g/mol. The van der Waals surface area contributed by atoms with Gasteiger partial charge in [0.15, 0.2) is 10.6 Å².